The molecular formula is C15H18N4O3S. The van der Waals surface area contributed by atoms with E-state index in [9.17, 15) is 15.3 Å². The van der Waals surface area contributed by atoms with Crippen LogP contribution in [0.25, 0.3) is 11.0 Å². The van der Waals surface area contributed by atoms with Crippen LogP contribution in [-0.4, -0.2) is 31.1 Å². The van der Waals surface area contributed by atoms with Gasteiger partial charge in [0, 0.05) is 12.1 Å². The number of nitro benzene ring substituents is 1. The zero-order valence-electron chi connectivity index (χ0n) is 12.6. The van der Waals surface area contributed by atoms with Crippen molar-refractivity contribution in [3.8, 4) is 0 Å². The molecule has 3 rings (SSSR count). The topological polar surface area (TPSA) is 104 Å². The number of non-ortho nitro benzene ring substituents is 1. The summed E-state index contributed by atoms with van der Waals surface area (Å²) in [6.45, 7) is 0. The summed E-state index contributed by atoms with van der Waals surface area (Å²) in [4.78, 5) is 18.0. The average molecular weight is 334 g/mol. The van der Waals surface area contributed by atoms with Gasteiger partial charge in [0.25, 0.3) is 5.69 Å². The maximum absolute atomic E-state index is 10.8. The summed E-state index contributed by atoms with van der Waals surface area (Å²) >= 11 is 1.53. The molecule has 1 aliphatic rings. The molecule has 0 radical (unpaired) electrons. The number of nitrogens with one attached hydrogen (secondary N) is 1. The third kappa shape index (κ3) is 3.64. The van der Waals surface area contributed by atoms with E-state index < -0.39 is 4.92 Å². The van der Waals surface area contributed by atoms with Gasteiger partial charge in [-0.3, -0.25) is 10.1 Å². The number of benzene rings is 1. The molecule has 2 N–H and O–H groups in total. The van der Waals surface area contributed by atoms with Crippen LogP contribution in [0.3, 0.4) is 0 Å². The van der Waals surface area contributed by atoms with E-state index in [-0.39, 0.29) is 10.9 Å². The molecule has 2 aromatic rings. The number of oxime groups is 1. The Bertz CT molecular complexity index is 743. The first-order valence-corrected chi connectivity index (χ1v) is 8.57. The molecule has 1 aliphatic carbocycles. The number of fused-ring (bicyclic) bond motifs is 1. The molecule has 0 bridgehead atoms. The van der Waals surface area contributed by atoms with Gasteiger partial charge >= 0.3 is 0 Å². The van der Waals surface area contributed by atoms with Gasteiger partial charge in [-0.2, -0.15) is 0 Å². The number of H-pyrrole nitrogens is 1. The Kier molecular flexibility index (Phi) is 4.80. The number of nitrogens with zero attached hydrogens (tertiary/aromatic N) is 3. The number of aromatic nitrogens is 2. The minimum absolute atomic E-state index is 0.0428. The second kappa shape index (κ2) is 6.99. The van der Waals surface area contributed by atoms with E-state index in [2.05, 4.69) is 15.1 Å². The van der Waals surface area contributed by atoms with E-state index in [4.69, 9.17) is 0 Å². The fourth-order valence-electron chi connectivity index (χ4n) is 2.84. The Labute approximate surface area is 137 Å². The summed E-state index contributed by atoms with van der Waals surface area (Å²) in [6, 6.07) is 4.59. The summed E-state index contributed by atoms with van der Waals surface area (Å²) in [5, 5.41) is 24.4. The molecule has 122 valence electrons. The summed E-state index contributed by atoms with van der Waals surface area (Å²) in [5.41, 5.74) is 2.20. The molecule has 0 aliphatic heterocycles. The van der Waals surface area contributed by atoms with Gasteiger partial charge in [0.15, 0.2) is 5.16 Å². The van der Waals surface area contributed by atoms with Crippen molar-refractivity contribution in [3.63, 3.8) is 0 Å². The van der Waals surface area contributed by atoms with Crippen LogP contribution in [0.1, 0.15) is 38.5 Å². The van der Waals surface area contributed by atoms with Gasteiger partial charge in [-0.15, -0.1) is 0 Å². The van der Waals surface area contributed by atoms with Gasteiger partial charge in [-0.25, -0.2) is 4.98 Å². The normalized spacial score (nSPS) is 21.2. The standard InChI is InChI=1S/C15H18N4O3S/c20-18-12-5-3-1-2-4-6-14(12)23-15-16-11-8-7-10(19(21)22)9-13(11)17-15/h7-9,14,20H,1-6H2,(H,16,17)/b18-12+/t14-/m1/s1. The summed E-state index contributed by atoms with van der Waals surface area (Å²) < 4.78 is 0. The van der Waals surface area contributed by atoms with Crippen molar-refractivity contribution in [3.05, 3.63) is 28.3 Å². The quantitative estimate of drug-likeness (QED) is 0.499. The van der Waals surface area contributed by atoms with Crippen LogP contribution in [0.2, 0.25) is 0 Å². The summed E-state index contributed by atoms with van der Waals surface area (Å²) in [7, 11) is 0. The number of thioether (sulfide) groups is 1. The molecule has 1 heterocycles. The second-order valence-electron chi connectivity index (χ2n) is 5.65. The molecule has 1 aromatic heterocycles. The van der Waals surface area contributed by atoms with Gasteiger partial charge < -0.3 is 10.2 Å². The highest BCUT2D eigenvalue weighted by atomic mass is 32.2. The van der Waals surface area contributed by atoms with Gasteiger partial charge in [-0.1, -0.05) is 36.2 Å². The maximum atomic E-state index is 10.8. The van der Waals surface area contributed by atoms with E-state index in [0.717, 1.165) is 31.4 Å². The number of hydrogen-bond donors (Lipinski definition) is 2. The predicted molar refractivity (Wildman–Crippen MR) is 89.3 cm³/mol. The molecule has 1 aromatic carbocycles. The van der Waals surface area contributed by atoms with Gasteiger partial charge in [-0.05, 0) is 25.3 Å². The molecule has 0 amide bonds. The van der Waals surface area contributed by atoms with Crippen molar-refractivity contribution in [1.82, 2.24) is 9.97 Å². The SMILES string of the molecule is O=[N+]([O-])c1ccc2nc(S[C@@H]3CCCCCC/C3=N\O)[nH]c2c1. The molecule has 23 heavy (non-hydrogen) atoms. The number of nitro groups is 1. The zero-order valence-corrected chi connectivity index (χ0v) is 13.4. The lowest BCUT2D eigenvalue weighted by Gasteiger charge is -2.19. The van der Waals surface area contributed by atoms with E-state index in [0.29, 0.717) is 16.2 Å². The van der Waals surface area contributed by atoms with Crippen LogP contribution in [-0.2, 0) is 0 Å². The van der Waals surface area contributed by atoms with Crippen molar-refractivity contribution in [2.75, 3.05) is 0 Å². The van der Waals surface area contributed by atoms with Crippen molar-refractivity contribution < 1.29 is 10.1 Å². The maximum Gasteiger partial charge on any atom is 0.271 e. The molecule has 1 fully saturated rings. The van der Waals surface area contributed by atoms with Gasteiger partial charge in [0.2, 0.25) is 0 Å². The van der Waals surface area contributed by atoms with Crippen LogP contribution in [0.4, 0.5) is 5.69 Å². The van der Waals surface area contributed by atoms with Crippen molar-refractivity contribution in [2.24, 2.45) is 5.16 Å². The van der Waals surface area contributed by atoms with E-state index in [1.807, 2.05) is 0 Å². The smallest absolute Gasteiger partial charge is 0.271 e. The molecule has 8 heteroatoms. The number of hydrogen-bond acceptors (Lipinski definition) is 6. The highest BCUT2D eigenvalue weighted by Crippen LogP contribution is 2.31. The average Bonchev–Trinajstić information content (AvgIpc) is 2.91. The molecule has 0 unspecified atom stereocenters. The molecule has 1 saturated carbocycles. The third-order valence-electron chi connectivity index (χ3n) is 4.06. The molecule has 0 spiro atoms. The first-order valence-electron chi connectivity index (χ1n) is 7.69. The number of rotatable bonds is 3. The summed E-state index contributed by atoms with van der Waals surface area (Å²) in [6.07, 6.45) is 6.26. The molecule has 7 nitrogen and oxygen atoms in total. The minimum Gasteiger partial charge on any atom is -0.411 e. The largest absolute Gasteiger partial charge is 0.411 e. The molecule has 0 saturated heterocycles. The number of aromatic amines is 1. The number of imidazole rings is 1. The first kappa shape index (κ1) is 15.8. The van der Waals surface area contributed by atoms with Crippen molar-refractivity contribution in [2.45, 2.75) is 48.9 Å². The highest BCUT2D eigenvalue weighted by Gasteiger charge is 2.21. The second-order valence-corrected chi connectivity index (χ2v) is 6.84. The Morgan fingerprint density at radius 1 is 1.35 bits per heavy atom. The van der Waals surface area contributed by atoms with E-state index in [1.54, 1.807) is 6.07 Å². The Morgan fingerprint density at radius 3 is 2.96 bits per heavy atom. The lowest BCUT2D eigenvalue weighted by molar-refractivity contribution is -0.384. The lowest BCUT2D eigenvalue weighted by Crippen LogP contribution is -2.19. The monoisotopic (exact) mass is 334 g/mol. The van der Waals surface area contributed by atoms with E-state index >= 15 is 0 Å². The minimum atomic E-state index is -0.418. The fourth-order valence-corrected chi connectivity index (χ4v) is 4.01. The van der Waals surface area contributed by atoms with Crippen LogP contribution < -0.4 is 0 Å². The lowest BCUT2D eigenvalue weighted by atomic mass is 9.99. The van der Waals surface area contributed by atoms with Gasteiger partial charge in [0.05, 0.1) is 26.9 Å². The Hall–Kier alpha value is -2.09. The highest BCUT2D eigenvalue weighted by molar-refractivity contribution is 8.00. The van der Waals surface area contributed by atoms with E-state index in [1.165, 1.54) is 36.7 Å². The van der Waals surface area contributed by atoms with Crippen LogP contribution in [0.5, 0.6) is 0 Å². The summed E-state index contributed by atoms with van der Waals surface area (Å²) in [5.74, 6) is 0. The van der Waals surface area contributed by atoms with Crippen LogP contribution in [0, 0.1) is 10.1 Å². The Morgan fingerprint density at radius 2 is 2.17 bits per heavy atom. The fraction of sp³-hybridized carbons (Fsp3) is 0.467. The Balaban J connectivity index is 1.83. The van der Waals surface area contributed by atoms with Gasteiger partial charge in [0.1, 0.15) is 0 Å². The third-order valence-corrected chi connectivity index (χ3v) is 5.27. The van der Waals surface area contributed by atoms with Crippen molar-refractivity contribution in [1.29, 1.82) is 0 Å². The predicted octanol–water partition coefficient (Wildman–Crippen LogP) is 4.12. The van der Waals surface area contributed by atoms with Crippen LogP contribution >= 0.6 is 11.8 Å². The molecular weight excluding hydrogens is 316 g/mol. The first-order chi connectivity index (χ1) is 11.2. The van der Waals surface area contributed by atoms with Crippen LogP contribution in [0.15, 0.2) is 28.5 Å². The van der Waals surface area contributed by atoms with Crippen molar-refractivity contribution >= 4 is 34.2 Å². The zero-order chi connectivity index (χ0) is 16.2. The molecule has 1 atom stereocenters.